The van der Waals surface area contributed by atoms with Crippen molar-refractivity contribution in [3.05, 3.63) is 22.7 Å². The van der Waals surface area contributed by atoms with Crippen molar-refractivity contribution in [2.75, 3.05) is 18.0 Å². The molecule has 1 atom stereocenters. The van der Waals surface area contributed by atoms with Gasteiger partial charge in [-0.3, -0.25) is 4.79 Å². The maximum atomic E-state index is 12.1. The molecule has 1 aromatic rings. The SMILES string of the molecule is CCn1ccnc(N2CCC(C(C)O)CC2)c1=O. The van der Waals surface area contributed by atoms with E-state index in [0.29, 0.717) is 18.3 Å². The molecule has 100 valence electrons. The van der Waals surface area contributed by atoms with Crippen LogP contribution >= 0.6 is 0 Å². The molecule has 1 aliphatic heterocycles. The van der Waals surface area contributed by atoms with Gasteiger partial charge in [0.15, 0.2) is 5.82 Å². The van der Waals surface area contributed by atoms with Crippen LogP contribution in [0.3, 0.4) is 0 Å². The van der Waals surface area contributed by atoms with Crippen molar-refractivity contribution >= 4 is 5.82 Å². The van der Waals surface area contributed by atoms with Crippen LogP contribution in [0, 0.1) is 5.92 Å². The maximum Gasteiger partial charge on any atom is 0.293 e. The Labute approximate surface area is 107 Å². The van der Waals surface area contributed by atoms with E-state index >= 15 is 0 Å². The first-order valence-electron chi connectivity index (χ1n) is 6.62. The minimum absolute atomic E-state index is 0.0181. The van der Waals surface area contributed by atoms with E-state index in [-0.39, 0.29) is 11.7 Å². The number of anilines is 1. The quantitative estimate of drug-likeness (QED) is 0.865. The molecule has 0 aliphatic carbocycles. The molecule has 1 saturated heterocycles. The van der Waals surface area contributed by atoms with E-state index in [1.54, 1.807) is 17.0 Å². The third-order valence-electron chi connectivity index (χ3n) is 3.76. The second-order valence-electron chi connectivity index (χ2n) is 4.91. The Balaban J connectivity index is 2.13. The van der Waals surface area contributed by atoms with E-state index in [1.165, 1.54) is 0 Å². The largest absolute Gasteiger partial charge is 0.393 e. The van der Waals surface area contributed by atoms with Crippen LogP contribution in [0.4, 0.5) is 5.82 Å². The van der Waals surface area contributed by atoms with Crippen LogP contribution in [0.5, 0.6) is 0 Å². The summed E-state index contributed by atoms with van der Waals surface area (Å²) in [5, 5.41) is 9.57. The van der Waals surface area contributed by atoms with Crippen LogP contribution in [0.25, 0.3) is 0 Å². The summed E-state index contributed by atoms with van der Waals surface area (Å²) in [6.07, 6.45) is 4.97. The first-order chi connectivity index (χ1) is 8.63. The molecule has 18 heavy (non-hydrogen) atoms. The summed E-state index contributed by atoms with van der Waals surface area (Å²) in [4.78, 5) is 18.4. The molecular weight excluding hydrogens is 230 g/mol. The molecule has 0 amide bonds. The number of aryl methyl sites for hydroxylation is 1. The summed E-state index contributed by atoms with van der Waals surface area (Å²) >= 11 is 0. The molecule has 5 nitrogen and oxygen atoms in total. The van der Waals surface area contributed by atoms with Gasteiger partial charge in [-0.25, -0.2) is 4.98 Å². The van der Waals surface area contributed by atoms with Gasteiger partial charge >= 0.3 is 0 Å². The lowest BCUT2D eigenvalue weighted by Crippen LogP contribution is -2.41. The zero-order chi connectivity index (χ0) is 13.1. The van der Waals surface area contributed by atoms with Gasteiger partial charge in [-0.15, -0.1) is 0 Å². The number of aliphatic hydroxyl groups is 1. The lowest BCUT2D eigenvalue weighted by atomic mass is 9.92. The molecule has 1 fully saturated rings. The average Bonchev–Trinajstić information content (AvgIpc) is 2.39. The highest BCUT2D eigenvalue weighted by Gasteiger charge is 2.24. The lowest BCUT2D eigenvalue weighted by Gasteiger charge is -2.33. The molecule has 2 rings (SSSR count). The topological polar surface area (TPSA) is 58.4 Å². The van der Waals surface area contributed by atoms with E-state index in [2.05, 4.69) is 4.98 Å². The van der Waals surface area contributed by atoms with Gasteiger partial charge in [0.05, 0.1) is 6.10 Å². The van der Waals surface area contributed by atoms with Crippen LogP contribution in [-0.2, 0) is 6.54 Å². The van der Waals surface area contributed by atoms with Crippen molar-refractivity contribution in [2.45, 2.75) is 39.3 Å². The second kappa shape index (κ2) is 5.52. The van der Waals surface area contributed by atoms with Gasteiger partial charge in [-0.2, -0.15) is 0 Å². The highest BCUT2D eigenvalue weighted by Crippen LogP contribution is 2.22. The molecule has 0 radical (unpaired) electrons. The van der Waals surface area contributed by atoms with Gasteiger partial charge in [0.2, 0.25) is 0 Å². The van der Waals surface area contributed by atoms with Crippen LogP contribution in [0.2, 0.25) is 0 Å². The zero-order valence-electron chi connectivity index (χ0n) is 11.0. The number of aromatic nitrogens is 2. The van der Waals surface area contributed by atoms with E-state index in [1.807, 2.05) is 18.7 Å². The summed E-state index contributed by atoms with van der Waals surface area (Å²) in [6.45, 7) is 6.05. The van der Waals surface area contributed by atoms with Crippen LogP contribution in [0.1, 0.15) is 26.7 Å². The number of piperidine rings is 1. The molecular formula is C13H21N3O2. The summed E-state index contributed by atoms with van der Waals surface area (Å²) in [6, 6.07) is 0. The summed E-state index contributed by atoms with van der Waals surface area (Å²) in [5.41, 5.74) is -0.0181. The van der Waals surface area contributed by atoms with Crippen LogP contribution in [-0.4, -0.2) is 33.9 Å². The second-order valence-corrected chi connectivity index (χ2v) is 4.91. The van der Waals surface area contributed by atoms with Crippen molar-refractivity contribution in [3.8, 4) is 0 Å². The summed E-state index contributed by atoms with van der Waals surface area (Å²) in [5.74, 6) is 0.891. The van der Waals surface area contributed by atoms with E-state index in [0.717, 1.165) is 25.9 Å². The monoisotopic (exact) mass is 251 g/mol. The molecule has 0 aromatic carbocycles. The number of hydrogen-bond donors (Lipinski definition) is 1. The van der Waals surface area contributed by atoms with Crippen molar-refractivity contribution in [1.82, 2.24) is 9.55 Å². The normalized spacial score (nSPS) is 18.9. The smallest absolute Gasteiger partial charge is 0.293 e. The Kier molecular flexibility index (Phi) is 4.01. The van der Waals surface area contributed by atoms with Crippen molar-refractivity contribution in [1.29, 1.82) is 0 Å². The van der Waals surface area contributed by atoms with E-state index in [4.69, 9.17) is 0 Å². The molecule has 1 aromatic heterocycles. The molecule has 1 N–H and O–H groups in total. The third kappa shape index (κ3) is 2.56. The number of hydrogen-bond acceptors (Lipinski definition) is 4. The van der Waals surface area contributed by atoms with Gasteiger partial charge in [-0.1, -0.05) is 0 Å². The number of nitrogens with zero attached hydrogens (tertiary/aromatic N) is 3. The first kappa shape index (κ1) is 13.1. The minimum atomic E-state index is -0.261. The van der Waals surface area contributed by atoms with Gasteiger partial charge in [0.1, 0.15) is 0 Å². The Morgan fingerprint density at radius 3 is 2.72 bits per heavy atom. The van der Waals surface area contributed by atoms with Crippen LogP contribution in [0.15, 0.2) is 17.2 Å². The Morgan fingerprint density at radius 1 is 1.50 bits per heavy atom. The Hall–Kier alpha value is -1.36. The highest BCUT2D eigenvalue weighted by atomic mass is 16.3. The molecule has 2 heterocycles. The summed E-state index contributed by atoms with van der Waals surface area (Å²) < 4.78 is 1.67. The number of aliphatic hydroxyl groups excluding tert-OH is 1. The molecule has 5 heteroatoms. The van der Waals surface area contributed by atoms with Gasteiger partial charge in [0, 0.05) is 32.0 Å². The standard InChI is InChI=1S/C13H21N3O2/c1-3-15-9-6-14-12(13(15)18)16-7-4-11(5-8-16)10(2)17/h6,9-11,17H,3-5,7-8H2,1-2H3. The van der Waals surface area contributed by atoms with Gasteiger partial charge in [-0.05, 0) is 32.6 Å². The highest BCUT2D eigenvalue weighted by molar-refractivity contribution is 5.36. The molecule has 0 saturated carbocycles. The lowest BCUT2D eigenvalue weighted by molar-refractivity contribution is 0.109. The van der Waals surface area contributed by atoms with E-state index in [9.17, 15) is 9.90 Å². The first-order valence-corrected chi connectivity index (χ1v) is 6.62. The zero-order valence-corrected chi connectivity index (χ0v) is 11.0. The molecule has 0 spiro atoms. The fourth-order valence-electron chi connectivity index (χ4n) is 2.50. The minimum Gasteiger partial charge on any atom is -0.393 e. The molecule has 1 aliphatic rings. The number of rotatable bonds is 3. The van der Waals surface area contributed by atoms with Crippen LogP contribution < -0.4 is 10.5 Å². The Morgan fingerprint density at radius 2 is 2.17 bits per heavy atom. The van der Waals surface area contributed by atoms with Gasteiger partial charge in [0.25, 0.3) is 5.56 Å². The van der Waals surface area contributed by atoms with Gasteiger partial charge < -0.3 is 14.6 Å². The average molecular weight is 251 g/mol. The molecule has 0 bridgehead atoms. The maximum absolute atomic E-state index is 12.1. The Bertz CT molecular complexity index is 448. The van der Waals surface area contributed by atoms with Crippen molar-refractivity contribution < 1.29 is 5.11 Å². The fraction of sp³-hybridized carbons (Fsp3) is 0.692. The molecule has 1 unspecified atom stereocenters. The fourth-order valence-corrected chi connectivity index (χ4v) is 2.50. The predicted octanol–water partition coefficient (Wildman–Crippen LogP) is 0.860. The van der Waals surface area contributed by atoms with E-state index < -0.39 is 0 Å². The van der Waals surface area contributed by atoms with Crippen molar-refractivity contribution in [2.24, 2.45) is 5.92 Å². The third-order valence-corrected chi connectivity index (χ3v) is 3.76. The van der Waals surface area contributed by atoms with Crippen molar-refractivity contribution in [3.63, 3.8) is 0 Å². The summed E-state index contributed by atoms with van der Waals surface area (Å²) in [7, 11) is 0. The predicted molar refractivity (Wildman–Crippen MR) is 70.8 cm³/mol.